The zero-order valence-corrected chi connectivity index (χ0v) is 10.3. The molecule has 0 aliphatic carbocycles. The van der Waals surface area contributed by atoms with Crippen LogP contribution in [0.15, 0.2) is 12.4 Å². The van der Waals surface area contributed by atoms with Crippen LogP contribution in [-0.2, 0) is 4.79 Å². The lowest BCUT2D eigenvalue weighted by Crippen LogP contribution is -2.41. The first kappa shape index (κ1) is 12.7. The van der Waals surface area contributed by atoms with Gasteiger partial charge < -0.3 is 9.64 Å². The summed E-state index contributed by atoms with van der Waals surface area (Å²) in [6.07, 6.45) is 4.21. The van der Waals surface area contributed by atoms with Crippen molar-refractivity contribution in [1.82, 2.24) is 14.9 Å². The Morgan fingerprint density at radius 3 is 2.61 bits per heavy atom. The molecule has 0 spiro atoms. The zero-order valence-electron chi connectivity index (χ0n) is 10.3. The molecule has 6 heteroatoms. The first-order valence-corrected chi connectivity index (χ1v) is 6.11. The van der Waals surface area contributed by atoms with Crippen molar-refractivity contribution in [3.8, 4) is 6.01 Å². The highest BCUT2D eigenvalue weighted by atomic mass is 19.1. The van der Waals surface area contributed by atoms with Gasteiger partial charge in [0.1, 0.15) is 6.10 Å². The average molecular weight is 253 g/mol. The van der Waals surface area contributed by atoms with Gasteiger partial charge in [-0.3, -0.25) is 4.79 Å². The molecule has 2 heterocycles. The predicted octanol–water partition coefficient (Wildman–Crippen LogP) is 1.40. The number of hydrogen-bond acceptors (Lipinski definition) is 4. The van der Waals surface area contributed by atoms with Crippen LogP contribution in [0.4, 0.5) is 4.39 Å². The first-order valence-electron chi connectivity index (χ1n) is 6.11. The standard InChI is InChI=1S/C12H16FN3O2/c1-2-11(17)16-5-3-10(4-6-16)18-12-14-7-9(13)8-15-12/h7-8,10H,2-6H2,1H3. The van der Waals surface area contributed by atoms with E-state index in [4.69, 9.17) is 4.74 Å². The van der Waals surface area contributed by atoms with Gasteiger partial charge in [-0.1, -0.05) is 6.92 Å². The number of aromatic nitrogens is 2. The molecule has 2 rings (SSSR count). The second-order valence-electron chi connectivity index (χ2n) is 4.24. The molecule has 1 aliphatic heterocycles. The average Bonchev–Trinajstić information content (AvgIpc) is 2.41. The summed E-state index contributed by atoms with van der Waals surface area (Å²) >= 11 is 0. The third-order valence-corrected chi connectivity index (χ3v) is 2.97. The van der Waals surface area contributed by atoms with Gasteiger partial charge in [0.25, 0.3) is 0 Å². The zero-order chi connectivity index (χ0) is 13.0. The second kappa shape index (κ2) is 5.75. The van der Waals surface area contributed by atoms with Crippen molar-refractivity contribution in [2.24, 2.45) is 0 Å². The Hall–Kier alpha value is -1.72. The highest BCUT2D eigenvalue weighted by Gasteiger charge is 2.23. The van der Waals surface area contributed by atoms with E-state index in [-0.39, 0.29) is 18.0 Å². The van der Waals surface area contributed by atoms with Gasteiger partial charge in [0, 0.05) is 32.4 Å². The van der Waals surface area contributed by atoms with Gasteiger partial charge >= 0.3 is 6.01 Å². The predicted molar refractivity (Wildman–Crippen MR) is 62.5 cm³/mol. The fraction of sp³-hybridized carbons (Fsp3) is 0.583. The van der Waals surface area contributed by atoms with Crippen LogP contribution < -0.4 is 4.74 Å². The number of ether oxygens (including phenoxy) is 1. The minimum absolute atomic E-state index is 0.00336. The Morgan fingerprint density at radius 1 is 1.44 bits per heavy atom. The molecule has 1 amide bonds. The van der Waals surface area contributed by atoms with E-state index in [1.807, 2.05) is 11.8 Å². The van der Waals surface area contributed by atoms with Gasteiger partial charge in [0.15, 0.2) is 5.82 Å². The normalized spacial score (nSPS) is 16.7. The minimum atomic E-state index is -0.481. The van der Waals surface area contributed by atoms with Crippen molar-refractivity contribution in [3.05, 3.63) is 18.2 Å². The molecule has 0 aromatic carbocycles. The largest absolute Gasteiger partial charge is 0.460 e. The summed E-state index contributed by atoms with van der Waals surface area (Å²) in [5.41, 5.74) is 0. The van der Waals surface area contributed by atoms with Crippen LogP contribution in [0.25, 0.3) is 0 Å². The fourth-order valence-electron chi connectivity index (χ4n) is 1.96. The van der Waals surface area contributed by atoms with Gasteiger partial charge in [0.05, 0.1) is 12.4 Å². The maximum atomic E-state index is 12.6. The molecular formula is C12H16FN3O2. The number of nitrogens with zero attached hydrogens (tertiary/aromatic N) is 3. The van der Waals surface area contributed by atoms with Crippen molar-refractivity contribution in [2.75, 3.05) is 13.1 Å². The fourth-order valence-corrected chi connectivity index (χ4v) is 1.96. The Balaban J connectivity index is 1.83. The summed E-state index contributed by atoms with van der Waals surface area (Å²) in [7, 11) is 0. The number of likely N-dealkylation sites (tertiary alicyclic amines) is 1. The van der Waals surface area contributed by atoms with E-state index in [2.05, 4.69) is 9.97 Å². The van der Waals surface area contributed by atoms with Crippen molar-refractivity contribution in [2.45, 2.75) is 32.3 Å². The molecule has 98 valence electrons. The third kappa shape index (κ3) is 3.15. The van der Waals surface area contributed by atoms with Crippen molar-refractivity contribution in [3.63, 3.8) is 0 Å². The summed E-state index contributed by atoms with van der Waals surface area (Å²) in [5, 5.41) is 0. The smallest absolute Gasteiger partial charge is 0.316 e. The van der Waals surface area contributed by atoms with Crippen LogP contribution in [0, 0.1) is 5.82 Å². The number of amides is 1. The highest BCUT2D eigenvalue weighted by molar-refractivity contribution is 5.75. The lowest BCUT2D eigenvalue weighted by atomic mass is 10.1. The molecule has 0 radical (unpaired) electrons. The summed E-state index contributed by atoms with van der Waals surface area (Å²) in [6.45, 7) is 3.24. The number of piperidine rings is 1. The van der Waals surface area contributed by atoms with Gasteiger partial charge in [-0.2, -0.15) is 0 Å². The molecule has 0 saturated carbocycles. The van der Waals surface area contributed by atoms with Crippen LogP contribution >= 0.6 is 0 Å². The Bertz CT molecular complexity index is 402. The van der Waals surface area contributed by atoms with E-state index in [0.717, 1.165) is 25.2 Å². The van der Waals surface area contributed by atoms with Gasteiger partial charge in [0.2, 0.25) is 5.91 Å². The van der Waals surface area contributed by atoms with Crippen LogP contribution in [0.2, 0.25) is 0 Å². The molecule has 0 unspecified atom stereocenters. The maximum Gasteiger partial charge on any atom is 0.316 e. The van der Waals surface area contributed by atoms with Crippen molar-refractivity contribution < 1.29 is 13.9 Å². The molecule has 1 fully saturated rings. The van der Waals surface area contributed by atoms with E-state index in [9.17, 15) is 9.18 Å². The van der Waals surface area contributed by atoms with Crippen molar-refractivity contribution in [1.29, 1.82) is 0 Å². The molecule has 0 bridgehead atoms. The molecule has 1 saturated heterocycles. The van der Waals surface area contributed by atoms with E-state index in [0.29, 0.717) is 19.5 Å². The van der Waals surface area contributed by atoms with Crippen molar-refractivity contribution >= 4 is 5.91 Å². The number of rotatable bonds is 3. The molecule has 18 heavy (non-hydrogen) atoms. The molecule has 1 aromatic rings. The molecule has 0 atom stereocenters. The summed E-state index contributed by atoms with van der Waals surface area (Å²) in [4.78, 5) is 20.8. The monoisotopic (exact) mass is 253 g/mol. The lowest BCUT2D eigenvalue weighted by molar-refractivity contribution is -0.132. The molecule has 0 N–H and O–H groups in total. The summed E-state index contributed by atoms with van der Waals surface area (Å²) in [5.74, 6) is -0.308. The van der Waals surface area contributed by atoms with E-state index >= 15 is 0 Å². The van der Waals surface area contributed by atoms with Crippen LogP contribution in [-0.4, -0.2) is 40.0 Å². The van der Waals surface area contributed by atoms with E-state index < -0.39 is 5.82 Å². The number of hydrogen-bond donors (Lipinski definition) is 0. The quantitative estimate of drug-likeness (QED) is 0.817. The third-order valence-electron chi connectivity index (χ3n) is 2.97. The molecule has 5 nitrogen and oxygen atoms in total. The first-order chi connectivity index (χ1) is 8.69. The van der Waals surface area contributed by atoms with Gasteiger partial charge in [-0.25, -0.2) is 14.4 Å². The molecule has 1 aromatic heterocycles. The summed E-state index contributed by atoms with van der Waals surface area (Å²) in [6, 6.07) is 0.191. The van der Waals surface area contributed by atoms with Crippen LogP contribution in [0.3, 0.4) is 0 Å². The Morgan fingerprint density at radius 2 is 2.06 bits per heavy atom. The Kier molecular flexibility index (Phi) is 4.07. The van der Waals surface area contributed by atoms with Gasteiger partial charge in [-0.15, -0.1) is 0 Å². The van der Waals surface area contributed by atoms with Gasteiger partial charge in [-0.05, 0) is 0 Å². The summed E-state index contributed by atoms with van der Waals surface area (Å²) < 4.78 is 18.2. The number of carbonyl (C=O) groups is 1. The lowest BCUT2D eigenvalue weighted by Gasteiger charge is -2.31. The molecule has 1 aliphatic rings. The highest BCUT2D eigenvalue weighted by Crippen LogP contribution is 2.16. The second-order valence-corrected chi connectivity index (χ2v) is 4.24. The van der Waals surface area contributed by atoms with Crippen LogP contribution in [0.1, 0.15) is 26.2 Å². The SMILES string of the molecule is CCC(=O)N1CCC(Oc2ncc(F)cn2)CC1. The molecular weight excluding hydrogens is 237 g/mol. The topological polar surface area (TPSA) is 55.3 Å². The van der Waals surface area contributed by atoms with E-state index in [1.165, 1.54) is 0 Å². The maximum absolute atomic E-state index is 12.6. The Labute approximate surface area is 105 Å². The number of carbonyl (C=O) groups excluding carboxylic acids is 1. The van der Waals surface area contributed by atoms with Crippen LogP contribution in [0.5, 0.6) is 6.01 Å². The van der Waals surface area contributed by atoms with E-state index in [1.54, 1.807) is 0 Å². The number of halogens is 1. The minimum Gasteiger partial charge on any atom is -0.460 e.